The zero-order valence-electron chi connectivity index (χ0n) is 13.7. The summed E-state index contributed by atoms with van der Waals surface area (Å²) < 4.78 is 0. The van der Waals surface area contributed by atoms with E-state index in [4.69, 9.17) is 0 Å². The van der Waals surface area contributed by atoms with Crippen molar-refractivity contribution in [3.63, 3.8) is 0 Å². The molecule has 2 amide bonds. The lowest BCUT2D eigenvalue weighted by Gasteiger charge is -2.28. The van der Waals surface area contributed by atoms with Crippen LogP contribution >= 0.6 is 0 Å². The minimum atomic E-state index is -0.789. The van der Waals surface area contributed by atoms with Gasteiger partial charge in [0.05, 0.1) is 5.92 Å². The fourth-order valence-corrected chi connectivity index (χ4v) is 4.16. The Hall–Kier alpha value is -1.59. The summed E-state index contributed by atoms with van der Waals surface area (Å²) in [5, 5.41) is 9.43. The molecule has 6 nitrogen and oxygen atoms in total. The molecule has 0 aromatic heterocycles. The van der Waals surface area contributed by atoms with E-state index in [0.717, 1.165) is 25.7 Å². The number of carbonyl (C=O) groups is 3. The molecular weight excluding hydrogens is 296 g/mol. The summed E-state index contributed by atoms with van der Waals surface area (Å²) in [4.78, 5) is 40.0. The Kier molecular flexibility index (Phi) is 4.60. The summed E-state index contributed by atoms with van der Waals surface area (Å²) in [7, 11) is 0. The van der Waals surface area contributed by atoms with Crippen LogP contribution in [0.4, 0.5) is 0 Å². The van der Waals surface area contributed by atoms with Gasteiger partial charge in [0.25, 0.3) is 0 Å². The molecule has 0 bridgehead atoms. The van der Waals surface area contributed by atoms with Crippen molar-refractivity contribution in [1.29, 1.82) is 0 Å². The lowest BCUT2D eigenvalue weighted by molar-refractivity contribution is -0.145. The number of aliphatic carboxylic acids is 1. The molecule has 2 heterocycles. The van der Waals surface area contributed by atoms with E-state index in [9.17, 15) is 19.5 Å². The molecular formula is C17H26N2O4. The van der Waals surface area contributed by atoms with Gasteiger partial charge in [-0.1, -0.05) is 6.92 Å². The van der Waals surface area contributed by atoms with Crippen LogP contribution in [-0.2, 0) is 14.4 Å². The first-order chi connectivity index (χ1) is 11.0. The third-order valence-corrected chi connectivity index (χ3v) is 5.54. The number of amides is 2. The number of carbonyl (C=O) groups excluding carboxylic acids is 2. The fourth-order valence-electron chi connectivity index (χ4n) is 4.16. The number of nitrogens with zero attached hydrogens (tertiary/aromatic N) is 2. The predicted molar refractivity (Wildman–Crippen MR) is 83.6 cm³/mol. The van der Waals surface area contributed by atoms with E-state index in [-0.39, 0.29) is 23.8 Å². The lowest BCUT2D eigenvalue weighted by atomic mass is 9.92. The van der Waals surface area contributed by atoms with Crippen LogP contribution in [0.2, 0.25) is 0 Å². The number of carboxylic acid groups (broad SMARTS) is 1. The average molecular weight is 322 g/mol. The largest absolute Gasteiger partial charge is 0.481 e. The summed E-state index contributed by atoms with van der Waals surface area (Å²) >= 11 is 0. The van der Waals surface area contributed by atoms with Crippen molar-refractivity contribution in [1.82, 2.24) is 9.80 Å². The minimum Gasteiger partial charge on any atom is -0.481 e. The highest BCUT2D eigenvalue weighted by molar-refractivity contribution is 5.89. The first-order valence-corrected chi connectivity index (χ1v) is 8.84. The van der Waals surface area contributed by atoms with Crippen molar-refractivity contribution in [2.45, 2.75) is 51.5 Å². The molecule has 2 saturated heterocycles. The van der Waals surface area contributed by atoms with Crippen molar-refractivity contribution in [2.24, 2.45) is 17.8 Å². The van der Waals surface area contributed by atoms with E-state index in [0.29, 0.717) is 38.4 Å². The van der Waals surface area contributed by atoms with E-state index >= 15 is 0 Å². The minimum absolute atomic E-state index is 0.0404. The zero-order valence-corrected chi connectivity index (χ0v) is 13.7. The highest BCUT2D eigenvalue weighted by atomic mass is 16.4. The second-order valence-electron chi connectivity index (χ2n) is 7.18. The smallest absolute Gasteiger partial charge is 0.308 e. The summed E-state index contributed by atoms with van der Waals surface area (Å²) in [6, 6.07) is -0.374. The van der Waals surface area contributed by atoms with Gasteiger partial charge >= 0.3 is 5.97 Å². The molecule has 3 rings (SSSR count). The highest BCUT2D eigenvalue weighted by Gasteiger charge is 2.48. The fraction of sp³-hybridized carbons (Fsp3) is 0.824. The van der Waals surface area contributed by atoms with Gasteiger partial charge in [-0.2, -0.15) is 0 Å². The Labute approximate surface area is 136 Å². The molecule has 2 aliphatic heterocycles. The van der Waals surface area contributed by atoms with Gasteiger partial charge in [0.2, 0.25) is 11.8 Å². The number of hydrogen-bond acceptors (Lipinski definition) is 3. The van der Waals surface area contributed by atoms with Crippen LogP contribution in [0.3, 0.4) is 0 Å². The van der Waals surface area contributed by atoms with Gasteiger partial charge < -0.3 is 14.9 Å². The summed E-state index contributed by atoms with van der Waals surface area (Å²) in [5.41, 5.74) is 0. The third kappa shape index (κ3) is 3.21. The van der Waals surface area contributed by atoms with E-state index in [1.807, 2.05) is 6.92 Å². The van der Waals surface area contributed by atoms with Crippen LogP contribution < -0.4 is 0 Å². The molecule has 23 heavy (non-hydrogen) atoms. The van der Waals surface area contributed by atoms with Crippen LogP contribution in [-0.4, -0.2) is 58.4 Å². The topological polar surface area (TPSA) is 77.9 Å². The Morgan fingerprint density at radius 1 is 1.13 bits per heavy atom. The first-order valence-electron chi connectivity index (χ1n) is 8.84. The SMILES string of the molecule is CCCC(=O)N1CCCC1C(=O)N1C[C@H](C(=O)O)[C@@H](C2CC2)C1. The van der Waals surface area contributed by atoms with Gasteiger partial charge in [-0.25, -0.2) is 0 Å². The average Bonchev–Trinajstić information content (AvgIpc) is 3.08. The van der Waals surface area contributed by atoms with Crippen LogP contribution in [0.1, 0.15) is 45.4 Å². The van der Waals surface area contributed by atoms with E-state index in [1.54, 1.807) is 9.80 Å². The summed E-state index contributed by atoms with van der Waals surface area (Å²) in [6.07, 6.45) is 4.99. The molecule has 6 heteroatoms. The maximum atomic E-state index is 12.9. The zero-order chi connectivity index (χ0) is 16.6. The summed E-state index contributed by atoms with van der Waals surface area (Å²) in [6.45, 7) is 3.47. The normalized spacial score (nSPS) is 30.7. The van der Waals surface area contributed by atoms with Gasteiger partial charge in [0.1, 0.15) is 6.04 Å². The van der Waals surface area contributed by atoms with Crippen molar-refractivity contribution in [3.8, 4) is 0 Å². The Balaban J connectivity index is 1.67. The van der Waals surface area contributed by atoms with Crippen LogP contribution in [0.15, 0.2) is 0 Å². The maximum Gasteiger partial charge on any atom is 0.308 e. The van der Waals surface area contributed by atoms with Gasteiger partial charge in [0.15, 0.2) is 0 Å². The van der Waals surface area contributed by atoms with Crippen molar-refractivity contribution in [3.05, 3.63) is 0 Å². The molecule has 1 N–H and O–H groups in total. The molecule has 0 radical (unpaired) electrons. The molecule has 3 fully saturated rings. The molecule has 1 unspecified atom stereocenters. The molecule has 0 aromatic rings. The second kappa shape index (κ2) is 6.49. The Bertz CT molecular complexity index is 503. The van der Waals surface area contributed by atoms with Gasteiger partial charge in [-0.15, -0.1) is 0 Å². The standard InChI is InChI=1S/C17H26N2O4/c1-2-4-15(20)19-8-3-5-14(19)16(21)18-9-12(11-6-7-11)13(10-18)17(22)23/h11-14H,2-10H2,1H3,(H,22,23)/t12-,13+,14?/m1/s1. The maximum absolute atomic E-state index is 12.9. The van der Waals surface area contributed by atoms with E-state index in [1.165, 1.54) is 0 Å². The molecule has 1 saturated carbocycles. The van der Waals surface area contributed by atoms with Crippen molar-refractivity contribution < 1.29 is 19.5 Å². The van der Waals surface area contributed by atoms with Crippen molar-refractivity contribution in [2.75, 3.05) is 19.6 Å². The number of hydrogen-bond donors (Lipinski definition) is 1. The first kappa shape index (κ1) is 16.3. The highest BCUT2D eigenvalue weighted by Crippen LogP contribution is 2.44. The number of carboxylic acids is 1. The summed E-state index contributed by atoms with van der Waals surface area (Å²) in [5.74, 6) is -0.652. The van der Waals surface area contributed by atoms with E-state index < -0.39 is 11.9 Å². The lowest BCUT2D eigenvalue weighted by Crippen LogP contribution is -2.47. The quantitative estimate of drug-likeness (QED) is 0.829. The third-order valence-electron chi connectivity index (χ3n) is 5.54. The molecule has 3 atom stereocenters. The van der Waals surface area contributed by atoms with Crippen molar-refractivity contribution >= 4 is 17.8 Å². The number of likely N-dealkylation sites (tertiary alicyclic amines) is 2. The second-order valence-corrected chi connectivity index (χ2v) is 7.18. The molecule has 0 spiro atoms. The van der Waals surface area contributed by atoms with Gasteiger partial charge in [-0.3, -0.25) is 14.4 Å². The molecule has 3 aliphatic rings. The van der Waals surface area contributed by atoms with Gasteiger partial charge in [-0.05, 0) is 43.9 Å². The Morgan fingerprint density at radius 3 is 2.48 bits per heavy atom. The molecule has 0 aromatic carbocycles. The van der Waals surface area contributed by atoms with Crippen LogP contribution in [0.25, 0.3) is 0 Å². The van der Waals surface area contributed by atoms with Crippen LogP contribution in [0, 0.1) is 17.8 Å². The van der Waals surface area contributed by atoms with Crippen LogP contribution in [0.5, 0.6) is 0 Å². The monoisotopic (exact) mass is 322 g/mol. The molecule has 128 valence electrons. The van der Waals surface area contributed by atoms with Gasteiger partial charge in [0, 0.05) is 26.1 Å². The predicted octanol–water partition coefficient (Wildman–Crippen LogP) is 1.35. The Morgan fingerprint density at radius 2 is 1.87 bits per heavy atom. The van der Waals surface area contributed by atoms with E-state index in [2.05, 4.69) is 0 Å². The number of rotatable bonds is 5. The molecule has 1 aliphatic carbocycles.